The van der Waals surface area contributed by atoms with Gasteiger partial charge in [0, 0.05) is 44.7 Å². The molecular formula is C19H26N4S. The van der Waals surface area contributed by atoms with Crippen molar-refractivity contribution in [3.63, 3.8) is 0 Å². The molecular weight excluding hydrogens is 316 g/mol. The van der Waals surface area contributed by atoms with Gasteiger partial charge in [-0.3, -0.25) is 0 Å². The van der Waals surface area contributed by atoms with E-state index >= 15 is 0 Å². The van der Waals surface area contributed by atoms with E-state index in [-0.39, 0.29) is 0 Å². The summed E-state index contributed by atoms with van der Waals surface area (Å²) in [5.74, 6) is 0. The summed E-state index contributed by atoms with van der Waals surface area (Å²) in [6, 6.07) is 17.2. The van der Waals surface area contributed by atoms with Gasteiger partial charge in [0.05, 0.1) is 11.4 Å². The van der Waals surface area contributed by atoms with Gasteiger partial charge in [0.25, 0.3) is 0 Å². The lowest BCUT2D eigenvalue weighted by Gasteiger charge is -2.34. The van der Waals surface area contributed by atoms with Crippen molar-refractivity contribution in [1.29, 1.82) is 0 Å². The molecule has 1 fully saturated rings. The van der Waals surface area contributed by atoms with Crippen LogP contribution in [0.3, 0.4) is 0 Å². The molecule has 0 radical (unpaired) electrons. The maximum absolute atomic E-state index is 3.59. The Morgan fingerprint density at radius 1 is 0.958 bits per heavy atom. The maximum Gasteiger partial charge on any atom is 0.0676 e. The molecule has 1 heterocycles. The number of likely N-dealkylation sites (N-methyl/N-ethyl adjacent to an activating group) is 1. The van der Waals surface area contributed by atoms with Gasteiger partial charge < -0.3 is 19.8 Å². The van der Waals surface area contributed by atoms with E-state index in [1.807, 2.05) is 0 Å². The summed E-state index contributed by atoms with van der Waals surface area (Å²) in [7, 11) is 2.19. The molecule has 2 aromatic rings. The number of nitrogens with one attached hydrogen (secondary N) is 2. The van der Waals surface area contributed by atoms with Crippen molar-refractivity contribution in [3.05, 3.63) is 54.1 Å². The van der Waals surface area contributed by atoms with Gasteiger partial charge in [-0.25, -0.2) is 0 Å². The van der Waals surface area contributed by atoms with Crippen LogP contribution in [0, 0.1) is 0 Å². The van der Waals surface area contributed by atoms with Crippen LogP contribution in [0.1, 0.15) is 5.56 Å². The fourth-order valence-electron chi connectivity index (χ4n) is 2.93. The highest BCUT2D eigenvalue weighted by Gasteiger charge is 2.15. The van der Waals surface area contributed by atoms with Crippen molar-refractivity contribution < 1.29 is 0 Å². The third-order valence-electron chi connectivity index (χ3n) is 4.41. The van der Waals surface area contributed by atoms with Gasteiger partial charge in [-0.05, 0) is 30.8 Å². The Balaban J connectivity index is 1.75. The summed E-state index contributed by atoms with van der Waals surface area (Å²) < 4.78 is 3.38. The molecule has 5 heteroatoms. The molecule has 0 amide bonds. The highest BCUT2D eigenvalue weighted by molar-refractivity contribution is 7.99. The first-order valence-corrected chi connectivity index (χ1v) is 9.63. The van der Waals surface area contributed by atoms with Crippen LogP contribution < -0.4 is 14.9 Å². The first-order chi connectivity index (χ1) is 11.8. The fraction of sp³-hybridized carbons (Fsp3) is 0.368. The molecule has 0 bridgehead atoms. The third kappa shape index (κ3) is 4.36. The van der Waals surface area contributed by atoms with E-state index < -0.39 is 0 Å². The van der Waals surface area contributed by atoms with Crippen molar-refractivity contribution in [2.24, 2.45) is 0 Å². The molecule has 0 unspecified atom stereocenters. The predicted octanol–water partition coefficient (Wildman–Crippen LogP) is 3.74. The Kier molecular flexibility index (Phi) is 5.88. The Bertz CT molecular complexity index is 639. The molecule has 1 saturated heterocycles. The molecule has 0 aliphatic carbocycles. The Hall–Kier alpha value is -1.85. The molecule has 0 atom stereocenters. The molecule has 1 aliphatic rings. The Morgan fingerprint density at radius 3 is 2.42 bits per heavy atom. The topological polar surface area (TPSA) is 30.5 Å². The number of nitrogens with zero attached hydrogens (tertiary/aromatic N) is 2. The highest BCUT2D eigenvalue weighted by atomic mass is 32.2. The molecule has 24 heavy (non-hydrogen) atoms. The summed E-state index contributed by atoms with van der Waals surface area (Å²) >= 11 is 1.62. The van der Waals surface area contributed by atoms with Crippen LogP contribution in [0.5, 0.6) is 0 Å². The number of piperazine rings is 1. The minimum Gasteiger partial charge on any atom is -0.379 e. The molecule has 0 aromatic heterocycles. The zero-order valence-corrected chi connectivity index (χ0v) is 15.3. The second kappa shape index (κ2) is 8.31. The van der Waals surface area contributed by atoms with Gasteiger partial charge in [0.1, 0.15) is 0 Å². The average Bonchev–Trinajstić information content (AvgIpc) is 2.63. The molecule has 4 nitrogen and oxygen atoms in total. The largest absolute Gasteiger partial charge is 0.379 e. The standard InChI is InChI=1S/C19H26N4S/c1-22-10-12-23(13-11-22)17-8-9-18(21-24-2)19(14-17)20-15-16-6-4-3-5-7-16/h3-9,14,20-21H,10-13,15H2,1-2H3. The summed E-state index contributed by atoms with van der Waals surface area (Å²) in [6.45, 7) is 5.25. The van der Waals surface area contributed by atoms with Crippen LogP contribution >= 0.6 is 11.9 Å². The van der Waals surface area contributed by atoms with E-state index in [1.165, 1.54) is 11.3 Å². The van der Waals surface area contributed by atoms with Crippen molar-refractivity contribution in [2.45, 2.75) is 6.54 Å². The van der Waals surface area contributed by atoms with Gasteiger partial charge in [0.15, 0.2) is 0 Å². The maximum atomic E-state index is 3.59. The summed E-state index contributed by atoms with van der Waals surface area (Å²) in [5.41, 5.74) is 4.88. The van der Waals surface area contributed by atoms with Crippen molar-refractivity contribution >= 4 is 29.0 Å². The Morgan fingerprint density at radius 2 is 1.71 bits per heavy atom. The lowest BCUT2D eigenvalue weighted by molar-refractivity contribution is 0.313. The lowest BCUT2D eigenvalue weighted by atomic mass is 10.2. The lowest BCUT2D eigenvalue weighted by Crippen LogP contribution is -2.44. The van der Waals surface area contributed by atoms with Gasteiger partial charge in [-0.2, -0.15) is 0 Å². The number of hydrogen-bond acceptors (Lipinski definition) is 5. The second-order valence-electron chi connectivity index (χ2n) is 6.17. The molecule has 128 valence electrons. The molecule has 1 aliphatic heterocycles. The minimum atomic E-state index is 0.829. The van der Waals surface area contributed by atoms with Gasteiger partial charge in [-0.15, -0.1) is 0 Å². The van der Waals surface area contributed by atoms with E-state index in [1.54, 1.807) is 11.9 Å². The fourth-order valence-corrected chi connectivity index (χ4v) is 3.33. The zero-order valence-electron chi connectivity index (χ0n) is 14.5. The first kappa shape index (κ1) is 17.0. The van der Waals surface area contributed by atoms with Gasteiger partial charge in [-0.1, -0.05) is 42.3 Å². The van der Waals surface area contributed by atoms with Gasteiger partial charge >= 0.3 is 0 Å². The molecule has 2 aromatic carbocycles. The van der Waals surface area contributed by atoms with Crippen LogP contribution in [0.15, 0.2) is 48.5 Å². The SMILES string of the molecule is CSNc1ccc(N2CCN(C)CC2)cc1NCc1ccccc1. The molecule has 0 spiro atoms. The van der Waals surface area contributed by atoms with E-state index in [9.17, 15) is 0 Å². The zero-order chi connectivity index (χ0) is 16.8. The summed E-state index contributed by atoms with van der Waals surface area (Å²) in [5, 5.41) is 3.59. The molecule has 3 rings (SSSR count). The van der Waals surface area contributed by atoms with Crippen molar-refractivity contribution in [2.75, 3.05) is 54.4 Å². The van der Waals surface area contributed by atoms with Crippen LogP contribution in [0.2, 0.25) is 0 Å². The van der Waals surface area contributed by atoms with E-state index in [0.29, 0.717) is 0 Å². The van der Waals surface area contributed by atoms with Crippen LogP contribution in [-0.2, 0) is 6.54 Å². The Labute approximate surface area is 149 Å². The smallest absolute Gasteiger partial charge is 0.0676 e. The molecule has 0 saturated carbocycles. The highest BCUT2D eigenvalue weighted by Crippen LogP contribution is 2.30. The van der Waals surface area contributed by atoms with Crippen LogP contribution in [-0.4, -0.2) is 44.4 Å². The number of hydrogen-bond donors (Lipinski definition) is 2. The number of anilines is 3. The number of rotatable bonds is 6. The third-order valence-corrected chi connectivity index (χ3v) is 4.83. The van der Waals surface area contributed by atoms with Crippen molar-refractivity contribution in [1.82, 2.24) is 4.90 Å². The summed E-state index contributed by atoms with van der Waals surface area (Å²) in [6.07, 6.45) is 2.05. The average molecular weight is 343 g/mol. The second-order valence-corrected chi connectivity index (χ2v) is 6.78. The van der Waals surface area contributed by atoms with E-state index in [4.69, 9.17) is 0 Å². The van der Waals surface area contributed by atoms with E-state index in [2.05, 4.69) is 81.7 Å². The first-order valence-electron chi connectivity index (χ1n) is 8.40. The quantitative estimate of drug-likeness (QED) is 0.781. The predicted molar refractivity (Wildman–Crippen MR) is 107 cm³/mol. The van der Waals surface area contributed by atoms with E-state index in [0.717, 1.165) is 44.1 Å². The number of benzene rings is 2. The van der Waals surface area contributed by atoms with Gasteiger partial charge in [0.2, 0.25) is 0 Å². The monoisotopic (exact) mass is 342 g/mol. The van der Waals surface area contributed by atoms with Crippen LogP contribution in [0.25, 0.3) is 0 Å². The minimum absolute atomic E-state index is 0.829. The van der Waals surface area contributed by atoms with Crippen molar-refractivity contribution in [3.8, 4) is 0 Å². The normalized spacial score (nSPS) is 15.3. The van der Waals surface area contributed by atoms with Crippen LogP contribution in [0.4, 0.5) is 17.1 Å². The molecule has 2 N–H and O–H groups in total. The summed E-state index contributed by atoms with van der Waals surface area (Å²) in [4.78, 5) is 4.85.